The van der Waals surface area contributed by atoms with Gasteiger partial charge < -0.3 is 9.94 Å². The van der Waals surface area contributed by atoms with Gasteiger partial charge in [0, 0.05) is 43.9 Å². The molecular weight excluding hydrogens is 400 g/mol. The summed E-state index contributed by atoms with van der Waals surface area (Å²) in [5.41, 5.74) is 4.55. The highest BCUT2D eigenvalue weighted by molar-refractivity contribution is 6.31. The van der Waals surface area contributed by atoms with Crippen molar-refractivity contribution in [2.45, 2.75) is 50.2 Å². The monoisotopic (exact) mass is 424 g/mol. The van der Waals surface area contributed by atoms with E-state index in [0.29, 0.717) is 5.92 Å². The van der Waals surface area contributed by atoms with E-state index in [1.54, 1.807) is 12.1 Å². The highest BCUT2D eigenvalue weighted by atomic mass is 35.5. The Bertz CT molecular complexity index is 990. The molecule has 0 amide bonds. The molecule has 1 saturated heterocycles. The van der Waals surface area contributed by atoms with Crippen molar-refractivity contribution in [3.05, 3.63) is 69.7 Å². The first-order chi connectivity index (χ1) is 14.5. The van der Waals surface area contributed by atoms with E-state index in [-0.39, 0.29) is 11.2 Å². The van der Waals surface area contributed by atoms with Crippen LogP contribution in [0.3, 0.4) is 0 Å². The topological polar surface area (TPSA) is 62.1 Å². The average molecular weight is 425 g/mol. The molecule has 2 heterocycles. The first kappa shape index (κ1) is 19.6. The van der Waals surface area contributed by atoms with Crippen molar-refractivity contribution in [3.63, 3.8) is 0 Å². The van der Waals surface area contributed by atoms with E-state index in [1.807, 2.05) is 18.2 Å². The Morgan fingerprint density at radius 3 is 2.57 bits per heavy atom. The molecule has 1 spiro atoms. The number of carboxylic acid groups (broad SMARTS) is 1. The fourth-order valence-corrected chi connectivity index (χ4v) is 4.80. The van der Waals surface area contributed by atoms with Crippen LogP contribution in [0.1, 0.15) is 65.1 Å². The lowest BCUT2D eigenvalue weighted by molar-refractivity contribution is -0.0627. The molecule has 0 radical (unpaired) electrons. The molecule has 6 heteroatoms. The van der Waals surface area contributed by atoms with Crippen molar-refractivity contribution in [2.24, 2.45) is 5.16 Å². The van der Waals surface area contributed by atoms with Crippen LogP contribution in [0.5, 0.6) is 0 Å². The highest BCUT2D eigenvalue weighted by Crippen LogP contribution is 2.43. The molecule has 30 heavy (non-hydrogen) atoms. The number of likely N-dealkylation sites (tertiary alicyclic amines) is 1. The summed E-state index contributed by atoms with van der Waals surface area (Å²) in [7, 11) is 0. The van der Waals surface area contributed by atoms with Crippen LogP contribution >= 0.6 is 11.6 Å². The highest BCUT2D eigenvalue weighted by Gasteiger charge is 2.42. The number of carboxylic acids is 1. The van der Waals surface area contributed by atoms with Crippen molar-refractivity contribution in [3.8, 4) is 0 Å². The quantitative estimate of drug-likeness (QED) is 0.727. The molecule has 0 aromatic heterocycles. The van der Waals surface area contributed by atoms with Gasteiger partial charge in [0.1, 0.15) is 5.60 Å². The zero-order valence-corrected chi connectivity index (χ0v) is 17.6. The number of benzene rings is 2. The molecule has 2 aliphatic heterocycles. The number of aromatic carboxylic acids is 1. The first-order valence-electron chi connectivity index (χ1n) is 10.6. The van der Waals surface area contributed by atoms with Crippen molar-refractivity contribution in [1.29, 1.82) is 0 Å². The van der Waals surface area contributed by atoms with Crippen LogP contribution in [0.2, 0.25) is 5.02 Å². The van der Waals surface area contributed by atoms with Gasteiger partial charge >= 0.3 is 5.97 Å². The maximum Gasteiger partial charge on any atom is 0.335 e. The van der Waals surface area contributed by atoms with Gasteiger partial charge in [0.25, 0.3) is 0 Å². The molecule has 5 rings (SSSR count). The summed E-state index contributed by atoms with van der Waals surface area (Å²) >= 11 is 6.37. The van der Waals surface area contributed by atoms with E-state index in [4.69, 9.17) is 21.5 Å². The lowest BCUT2D eigenvalue weighted by atomic mass is 9.85. The lowest BCUT2D eigenvalue weighted by Crippen LogP contribution is -2.44. The van der Waals surface area contributed by atoms with Crippen LogP contribution in [0.15, 0.2) is 47.6 Å². The average Bonchev–Trinajstić information content (AvgIpc) is 3.52. The van der Waals surface area contributed by atoms with Crippen LogP contribution in [0.25, 0.3) is 0 Å². The molecule has 2 aromatic carbocycles. The minimum atomic E-state index is -0.917. The Labute approximate surface area is 181 Å². The largest absolute Gasteiger partial charge is 0.478 e. The summed E-state index contributed by atoms with van der Waals surface area (Å²) in [6.07, 6.45) is 5.18. The zero-order chi connectivity index (χ0) is 20.7. The van der Waals surface area contributed by atoms with Crippen LogP contribution in [-0.2, 0) is 11.4 Å². The van der Waals surface area contributed by atoms with Gasteiger partial charge in [-0.2, -0.15) is 0 Å². The fourth-order valence-electron chi connectivity index (χ4n) is 4.53. The van der Waals surface area contributed by atoms with Gasteiger partial charge in [0.15, 0.2) is 0 Å². The maximum atomic E-state index is 11.0. The minimum absolute atomic E-state index is 0.226. The molecule has 0 atom stereocenters. The number of hydrogen-bond donors (Lipinski definition) is 1. The molecule has 156 valence electrons. The zero-order valence-electron chi connectivity index (χ0n) is 16.8. The van der Waals surface area contributed by atoms with Crippen molar-refractivity contribution >= 4 is 23.3 Å². The second-order valence-electron chi connectivity index (χ2n) is 8.78. The lowest BCUT2D eigenvalue weighted by Gasteiger charge is -2.37. The maximum absolute atomic E-state index is 11.0. The summed E-state index contributed by atoms with van der Waals surface area (Å²) in [6.45, 7) is 2.89. The smallest absolute Gasteiger partial charge is 0.335 e. The summed E-state index contributed by atoms with van der Waals surface area (Å²) in [6, 6.07) is 13.4. The third-order valence-corrected chi connectivity index (χ3v) is 6.90. The summed E-state index contributed by atoms with van der Waals surface area (Å²) in [4.78, 5) is 19.4. The standard InChI is InChI=1S/C24H25ClN2O3/c25-21-8-1-16(13-20(21)17-2-3-17)15-27-11-9-24(10-12-27)14-22(26-30-24)18-4-6-19(7-5-18)23(28)29/h1,4-8,13,17H,2-3,9-12,14-15H2,(H,28,29). The third kappa shape index (κ3) is 3.96. The second-order valence-corrected chi connectivity index (χ2v) is 9.19. The second kappa shape index (κ2) is 7.71. The van der Waals surface area contributed by atoms with Gasteiger partial charge in [-0.15, -0.1) is 0 Å². The summed E-state index contributed by atoms with van der Waals surface area (Å²) in [5.74, 6) is -0.256. The SMILES string of the molecule is O=C(O)c1ccc(C2=NOC3(CCN(Cc4ccc(Cl)c(C5CC5)c4)CC3)C2)cc1. The van der Waals surface area contributed by atoms with E-state index < -0.39 is 5.97 Å². The number of rotatable bonds is 5. The Balaban J connectivity index is 1.18. The molecule has 1 aliphatic carbocycles. The van der Waals surface area contributed by atoms with Gasteiger partial charge in [-0.1, -0.05) is 41.0 Å². The van der Waals surface area contributed by atoms with Gasteiger partial charge in [0.2, 0.25) is 0 Å². The summed E-state index contributed by atoms with van der Waals surface area (Å²) < 4.78 is 0. The fraction of sp³-hybridized carbons (Fsp3) is 0.417. The van der Waals surface area contributed by atoms with E-state index in [2.05, 4.69) is 22.2 Å². The molecule has 2 aromatic rings. The van der Waals surface area contributed by atoms with Crippen LogP contribution < -0.4 is 0 Å². The summed E-state index contributed by atoms with van der Waals surface area (Å²) in [5, 5.41) is 14.3. The molecule has 1 saturated carbocycles. The Morgan fingerprint density at radius 1 is 1.17 bits per heavy atom. The number of piperidine rings is 1. The van der Waals surface area contributed by atoms with E-state index >= 15 is 0 Å². The normalized spacial score (nSPS) is 20.8. The number of oxime groups is 1. The molecule has 0 unspecified atom stereocenters. The Kier molecular flexibility index (Phi) is 5.03. The molecular formula is C24H25ClN2O3. The van der Waals surface area contributed by atoms with Gasteiger partial charge in [-0.05, 0) is 53.6 Å². The van der Waals surface area contributed by atoms with Crippen molar-refractivity contribution in [2.75, 3.05) is 13.1 Å². The Hall–Kier alpha value is -2.37. The molecule has 3 aliphatic rings. The molecule has 0 bridgehead atoms. The first-order valence-corrected chi connectivity index (χ1v) is 11.0. The van der Waals surface area contributed by atoms with E-state index in [9.17, 15) is 4.79 Å². The van der Waals surface area contributed by atoms with Crippen LogP contribution in [0, 0.1) is 0 Å². The van der Waals surface area contributed by atoms with Crippen LogP contribution in [-0.4, -0.2) is 40.4 Å². The molecule has 2 fully saturated rings. The van der Waals surface area contributed by atoms with Crippen molar-refractivity contribution in [1.82, 2.24) is 4.90 Å². The van der Waals surface area contributed by atoms with E-state index in [0.717, 1.165) is 55.2 Å². The Morgan fingerprint density at radius 2 is 1.90 bits per heavy atom. The third-order valence-electron chi connectivity index (χ3n) is 6.56. The molecule has 5 nitrogen and oxygen atoms in total. The van der Waals surface area contributed by atoms with Crippen LogP contribution in [0.4, 0.5) is 0 Å². The van der Waals surface area contributed by atoms with Gasteiger partial charge in [-0.25, -0.2) is 4.79 Å². The number of halogens is 1. The van der Waals surface area contributed by atoms with Gasteiger partial charge in [-0.3, -0.25) is 4.90 Å². The van der Waals surface area contributed by atoms with Crippen molar-refractivity contribution < 1.29 is 14.7 Å². The number of hydrogen-bond acceptors (Lipinski definition) is 4. The number of carbonyl (C=O) groups is 1. The predicted molar refractivity (Wildman–Crippen MR) is 116 cm³/mol. The minimum Gasteiger partial charge on any atom is -0.478 e. The predicted octanol–water partition coefficient (Wildman–Crippen LogP) is 5.07. The van der Waals surface area contributed by atoms with E-state index in [1.165, 1.54) is 24.0 Å². The molecule has 1 N–H and O–H groups in total. The number of nitrogens with zero attached hydrogens (tertiary/aromatic N) is 2. The van der Waals surface area contributed by atoms with Gasteiger partial charge in [0.05, 0.1) is 11.3 Å².